The van der Waals surface area contributed by atoms with E-state index in [4.69, 9.17) is 4.74 Å². The van der Waals surface area contributed by atoms with Crippen molar-refractivity contribution < 1.29 is 20.1 Å². The first-order valence-corrected chi connectivity index (χ1v) is 6.76. The molecule has 0 aliphatic carbocycles. The number of rotatable bonds is 3. The quantitative estimate of drug-likeness (QED) is 0.711. The predicted molar refractivity (Wildman–Crippen MR) is 73.3 cm³/mol. The lowest BCUT2D eigenvalue weighted by Crippen LogP contribution is -2.51. The molecule has 0 bridgehead atoms. The molecule has 0 radical (unpaired) electrons. The summed E-state index contributed by atoms with van der Waals surface area (Å²) in [5.74, 6) is 0. The summed E-state index contributed by atoms with van der Waals surface area (Å²) < 4.78 is 6.62. The zero-order chi connectivity index (χ0) is 14.8. The van der Waals surface area contributed by atoms with Crippen LogP contribution in [0, 0.1) is 0 Å². The smallest absolute Gasteiger partial charge is 0.113 e. The van der Waals surface area contributed by atoms with Crippen LogP contribution in [-0.2, 0) is 4.74 Å². The SMILES string of the molecule is OC[C@H]1OC[C@H](O)[C@@H](n2cc(-c3ccccc3)nn2)[C@H]1O. The molecule has 4 atom stereocenters. The van der Waals surface area contributed by atoms with Crippen LogP contribution in [0.25, 0.3) is 11.3 Å². The summed E-state index contributed by atoms with van der Waals surface area (Å²) in [5, 5.41) is 37.5. The Morgan fingerprint density at radius 2 is 2.00 bits per heavy atom. The summed E-state index contributed by atoms with van der Waals surface area (Å²) in [4.78, 5) is 0. The molecule has 0 unspecified atom stereocenters. The van der Waals surface area contributed by atoms with E-state index in [0.717, 1.165) is 5.56 Å². The van der Waals surface area contributed by atoms with E-state index in [1.165, 1.54) is 4.68 Å². The van der Waals surface area contributed by atoms with Gasteiger partial charge >= 0.3 is 0 Å². The second-order valence-corrected chi connectivity index (χ2v) is 5.05. The van der Waals surface area contributed by atoms with Gasteiger partial charge in [-0.25, -0.2) is 4.68 Å². The number of aliphatic hydroxyl groups is 3. The summed E-state index contributed by atoms with van der Waals surface area (Å²) in [6.45, 7) is -0.280. The average Bonchev–Trinajstić information content (AvgIpc) is 2.98. The maximum Gasteiger partial charge on any atom is 0.113 e. The highest BCUT2D eigenvalue weighted by Gasteiger charge is 2.40. The standard InChI is InChI=1S/C14H17N3O4/c18-7-12-14(20)13(11(19)8-21-12)17-6-10(15-16-17)9-4-2-1-3-5-9/h1-6,11-14,18-20H,7-8H2/t11-,12+,13+,14-/m0/s1. The molecular weight excluding hydrogens is 274 g/mol. The van der Waals surface area contributed by atoms with Crippen molar-refractivity contribution in [2.75, 3.05) is 13.2 Å². The van der Waals surface area contributed by atoms with Gasteiger partial charge in [0.1, 0.15) is 30.0 Å². The molecular formula is C14H17N3O4. The van der Waals surface area contributed by atoms with Gasteiger partial charge in [-0.2, -0.15) is 0 Å². The minimum absolute atomic E-state index is 0.0352. The summed E-state index contributed by atoms with van der Waals surface area (Å²) in [7, 11) is 0. The van der Waals surface area contributed by atoms with Crippen molar-refractivity contribution in [3.8, 4) is 11.3 Å². The normalized spacial score (nSPS) is 29.5. The van der Waals surface area contributed by atoms with Crippen LogP contribution in [-0.4, -0.2) is 61.8 Å². The van der Waals surface area contributed by atoms with Gasteiger partial charge in [0.05, 0.1) is 19.4 Å². The molecule has 2 heterocycles. The average molecular weight is 291 g/mol. The Bertz CT molecular complexity index is 589. The fraction of sp³-hybridized carbons (Fsp3) is 0.429. The molecule has 3 rings (SSSR count). The molecule has 7 heteroatoms. The van der Waals surface area contributed by atoms with Gasteiger partial charge in [-0.3, -0.25) is 0 Å². The van der Waals surface area contributed by atoms with Gasteiger partial charge in [-0.05, 0) is 0 Å². The molecule has 7 nitrogen and oxygen atoms in total. The molecule has 0 saturated carbocycles. The van der Waals surface area contributed by atoms with E-state index >= 15 is 0 Å². The van der Waals surface area contributed by atoms with Crippen LogP contribution >= 0.6 is 0 Å². The summed E-state index contributed by atoms with van der Waals surface area (Å²) in [5.41, 5.74) is 1.56. The fourth-order valence-corrected chi connectivity index (χ4v) is 2.52. The summed E-state index contributed by atoms with van der Waals surface area (Å²) in [6.07, 6.45) is -1.02. The van der Waals surface area contributed by atoms with Crippen LogP contribution in [0.5, 0.6) is 0 Å². The first-order chi connectivity index (χ1) is 10.2. The van der Waals surface area contributed by atoms with E-state index in [1.54, 1.807) is 6.20 Å². The van der Waals surface area contributed by atoms with E-state index in [9.17, 15) is 15.3 Å². The number of hydrogen-bond donors (Lipinski definition) is 3. The molecule has 1 fully saturated rings. The third-order valence-electron chi connectivity index (χ3n) is 3.67. The Morgan fingerprint density at radius 1 is 1.24 bits per heavy atom. The van der Waals surface area contributed by atoms with E-state index in [2.05, 4.69) is 10.3 Å². The first-order valence-electron chi connectivity index (χ1n) is 6.76. The number of ether oxygens (including phenoxy) is 1. The van der Waals surface area contributed by atoms with Crippen molar-refractivity contribution in [3.63, 3.8) is 0 Å². The highest BCUT2D eigenvalue weighted by atomic mass is 16.5. The summed E-state index contributed by atoms with van der Waals surface area (Å²) >= 11 is 0. The van der Waals surface area contributed by atoms with Gasteiger partial charge < -0.3 is 20.1 Å². The van der Waals surface area contributed by atoms with Crippen LogP contribution in [0.1, 0.15) is 6.04 Å². The molecule has 2 aromatic rings. The van der Waals surface area contributed by atoms with Gasteiger partial charge in [0.15, 0.2) is 0 Å². The number of benzene rings is 1. The van der Waals surface area contributed by atoms with E-state index in [-0.39, 0.29) is 13.2 Å². The number of nitrogens with zero attached hydrogens (tertiary/aromatic N) is 3. The van der Waals surface area contributed by atoms with Gasteiger partial charge in [0.25, 0.3) is 0 Å². The zero-order valence-corrected chi connectivity index (χ0v) is 11.3. The molecule has 1 aliphatic rings. The molecule has 21 heavy (non-hydrogen) atoms. The van der Waals surface area contributed by atoms with Crippen LogP contribution in [0.4, 0.5) is 0 Å². The van der Waals surface area contributed by atoms with Crippen molar-refractivity contribution in [3.05, 3.63) is 36.5 Å². The number of hydrogen-bond acceptors (Lipinski definition) is 6. The second kappa shape index (κ2) is 5.90. The second-order valence-electron chi connectivity index (χ2n) is 5.05. The Labute approximate surface area is 121 Å². The van der Waals surface area contributed by atoms with Gasteiger partial charge in [-0.15, -0.1) is 5.10 Å². The monoisotopic (exact) mass is 291 g/mol. The fourth-order valence-electron chi connectivity index (χ4n) is 2.52. The third-order valence-corrected chi connectivity index (χ3v) is 3.67. The van der Waals surface area contributed by atoms with Gasteiger partial charge in [-0.1, -0.05) is 35.5 Å². The predicted octanol–water partition coefficient (Wildman–Crippen LogP) is -0.401. The van der Waals surface area contributed by atoms with Gasteiger partial charge in [0, 0.05) is 5.56 Å². The topological polar surface area (TPSA) is 101 Å². The largest absolute Gasteiger partial charge is 0.394 e. The number of aromatic nitrogens is 3. The highest BCUT2D eigenvalue weighted by Crippen LogP contribution is 2.27. The van der Waals surface area contributed by atoms with Crippen molar-refractivity contribution in [1.29, 1.82) is 0 Å². The molecule has 1 aromatic carbocycles. The van der Waals surface area contributed by atoms with Gasteiger partial charge in [0.2, 0.25) is 0 Å². The summed E-state index contributed by atoms with van der Waals surface area (Å²) in [6, 6.07) is 8.82. The Morgan fingerprint density at radius 3 is 2.71 bits per heavy atom. The van der Waals surface area contributed by atoms with Crippen molar-refractivity contribution in [1.82, 2.24) is 15.0 Å². The molecule has 112 valence electrons. The Balaban J connectivity index is 1.88. The first kappa shape index (κ1) is 14.2. The third kappa shape index (κ3) is 2.68. The molecule has 1 aliphatic heterocycles. The van der Waals surface area contributed by atoms with Crippen LogP contribution in [0.3, 0.4) is 0 Å². The minimum atomic E-state index is -1.05. The van der Waals surface area contributed by atoms with E-state index in [1.807, 2.05) is 30.3 Å². The molecule has 1 saturated heterocycles. The number of aliphatic hydroxyl groups excluding tert-OH is 3. The molecule has 0 spiro atoms. The zero-order valence-electron chi connectivity index (χ0n) is 11.3. The molecule has 3 N–H and O–H groups in total. The highest BCUT2D eigenvalue weighted by molar-refractivity contribution is 5.57. The molecule has 0 amide bonds. The molecule has 1 aromatic heterocycles. The lowest BCUT2D eigenvalue weighted by atomic mass is 9.97. The van der Waals surface area contributed by atoms with E-state index in [0.29, 0.717) is 5.69 Å². The van der Waals surface area contributed by atoms with Crippen LogP contribution < -0.4 is 0 Å². The minimum Gasteiger partial charge on any atom is -0.394 e. The lowest BCUT2D eigenvalue weighted by Gasteiger charge is -2.36. The van der Waals surface area contributed by atoms with Crippen LogP contribution in [0.15, 0.2) is 36.5 Å². The maximum atomic E-state index is 10.2. The van der Waals surface area contributed by atoms with Crippen molar-refractivity contribution in [2.24, 2.45) is 0 Å². The Hall–Kier alpha value is -1.80. The lowest BCUT2D eigenvalue weighted by molar-refractivity contribution is -0.166. The maximum absolute atomic E-state index is 10.2. The van der Waals surface area contributed by atoms with Crippen LogP contribution in [0.2, 0.25) is 0 Å². The van der Waals surface area contributed by atoms with E-state index < -0.39 is 24.4 Å². The van der Waals surface area contributed by atoms with Crippen molar-refractivity contribution in [2.45, 2.75) is 24.4 Å². The Kier molecular flexibility index (Phi) is 3.98. The van der Waals surface area contributed by atoms with Crippen molar-refractivity contribution >= 4 is 0 Å².